The summed E-state index contributed by atoms with van der Waals surface area (Å²) >= 11 is 12.7. The van der Waals surface area contributed by atoms with Crippen molar-refractivity contribution in [3.8, 4) is 0 Å². The number of halogens is 4. The topological polar surface area (TPSA) is 38.7 Å². The van der Waals surface area contributed by atoms with E-state index < -0.39 is 0 Å². The molecule has 0 spiro atoms. The number of ether oxygens (including phenoxy) is 2. The van der Waals surface area contributed by atoms with Gasteiger partial charge in [-0.3, -0.25) is 0 Å². The van der Waals surface area contributed by atoms with Crippen LogP contribution in [0.2, 0.25) is 0 Å². The lowest BCUT2D eigenvalue weighted by Crippen LogP contribution is -1.91. The molecule has 0 aliphatic rings. The molecule has 0 radical (unpaired) electrons. The molecular weight excluding hydrogens is 471 g/mol. The predicted octanol–water partition coefficient (Wildman–Crippen LogP) is 4.05. The molecule has 8 heteroatoms. The Hall–Kier alpha value is 2.23. The largest absolute Gasteiger partial charge is 0.394 e. The number of aliphatic hydroxyl groups excluding tert-OH is 1. The summed E-state index contributed by atoms with van der Waals surface area (Å²) in [7, 11) is 3.23. The van der Waals surface area contributed by atoms with Crippen LogP contribution in [0.15, 0.2) is 0 Å². The highest BCUT2D eigenvalue weighted by molar-refractivity contribution is 9.93. The normalized spacial score (nSPS) is 8.57. The molecule has 0 saturated heterocycles. The Kier molecular flexibility index (Phi) is 37.6. The van der Waals surface area contributed by atoms with Crippen LogP contribution in [0.5, 0.6) is 0 Å². The van der Waals surface area contributed by atoms with Gasteiger partial charge in [0.2, 0.25) is 0 Å². The molecule has 90 valence electrons. The van der Waals surface area contributed by atoms with Crippen molar-refractivity contribution in [1.82, 2.24) is 0 Å². The standard InChI is InChI=1S/C3H7BrO.C3H8O2.Br3P/c2*1-5-3-2-4;1-4(2)3/h2-3H2,1H3;4H,2-3H2,1H3;. The average molecular weight is 486 g/mol. The SMILES string of the molecule is BrP(Br)Br.COCCBr.COCCO. The van der Waals surface area contributed by atoms with Crippen LogP contribution in [0.3, 0.4) is 0 Å². The third-order valence-electron chi connectivity index (χ3n) is 0.577. The number of rotatable bonds is 4. The van der Waals surface area contributed by atoms with Crippen molar-refractivity contribution < 1.29 is 14.6 Å². The Balaban J connectivity index is -0.000000131. The molecule has 0 fully saturated rings. The number of alkyl halides is 1. The van der Waals surface area contributed by atoms with Gasteiger partial charge in [-0.25, -0.2) is 0 Å². The van der Waals surface area contributed by atoms with E-state index in [1.807, 2.05) is 0 Å². The van der Waals surface area contributed by atoms with Crippen LogP contribution < -0.4 is 0 Å². The van der Waals surface area contributed by atoms with Crippen LogP contribution in [0.25, 0.3) is 0 Å². The summed E-state index contributed by atoms with van der Waals surface area (Å²) in [5.74, 6) is 0. The van der Waals surface area contributed by atoms with Crippen LogP contribution in [-0.4, -0.2) is 44.5 Å². The fraction of sp³-hybridized carbons (Fsp3) is 1.00. The highest BCUT2D eigenvalue weighted by Crippen LogP contribution is 2.59. The zero-order valence-corrected chi connectivity index (χ0v) is 15.3. The Morgan fingerprint density at radius 2 is 1.43 bits per heavy atom. The molecule has 0 aliphatic heterocycles. The van der Waals surface area contributed by atoms with Gasteiger partial charge in [0.1, 0.15) is 4.03 Å². The third-order valence-corrected chi connectivity index (χ3v) is 0.900. The maximum atomic E-state index is 7.94. The fourth-order valence-electron chi connectivity index (χ4n) is 0.168. The molecule has 14 heavy (non-hydrogen) atoms. The van der Waals surface area contributed by atoms with Gasteiger partial charge in [0, 0.05) is 19.5 Å². The van der Waals surface area contributed by atoms with Gasteiger partial charge in [-0.15, -0.1) is 0 Å². The van der Waals surface area contributed by atoms with Gasteiger partial charge < -0.3 is 14.6 Å². The molecule has 0 aromatic carbocycles. The lowest BCUT2D eigenvalue weighted by Gasteiger charge is -1.84. The first kappa shape index (κ1) is 21.5. The van der Waals surface area contributed by atoms with E-state index in [4.69, 9.17) is 5.11 Å². The molecule has 0 rings (SSSR count). The lowest BCUT2D eigenvalue weighted by molar-refractivity contribution is 0.135. The molecular formula is C6H15Br4O3P. The Labute approximate surface area is 119 Å². The minimum Gasteiger partial charge on any atom is -0.394 e. The van der Waals surface area contributed by atoms with Crippen LogP contribution in [-0.2, 0) is 9.47 Å². The smallest absolute Gasteiger partial charge is 0.103 e. The van der Waals surface area contributed by atoms with Crippen LogP contribution in [0.1, 0.15) is 0 Å². The molecule has 0 aromatic heterocycles. The van der Waals surface area contributed by atoms with Gasteiger partial charge in [0.05, 0.1) is 19.8 Å². The van der Waals surface area contributed by atoms with E-state index in [0.29, 0.717) is 6.61 Å². The van der Waals surface area contributed by atoms with E-state index in [1.54, 1.807) is 14.2 Å². The molecule has 0 bridgehead atoms. The van der Waals surface area contributed by atoms with Gasteiger partial charge >= 0.3 is 0 Å². The highest BCUT2D eigenvalue weighted by atomic mass is 80.0. The Morgan fingerprint density at radius 1 is 1.07 bits per heavy atom. The molecule has 0 heterocycles. The minimum atomic E-state index is -0.183. The van der Waals surface area contributed by atoms with E-state index in [9.17, 15) is 0 Å². The Morgan fingerprint density at radius 3 is 1.43 bits per heavy atom. The molecule has 0 aliphatic carbocycles. The molecule has 0 aromatic rings. The molecule has 0 saturated carbocycles. The fourth-order valence-corrected chi connectivity index (χ4v) is 0.492. The second kappa shape index (κ2) is 24.5. The summed E-state index contributed by atoms with van der Waals surface area (Å²) < 4.78 is 8.90. The summed E-state index contributed by atoms with van der Waals surface area (Å²) in [5, 5.41) is 8.88. The zero-order chi connectivity index (χ0) is 11.8. The second-order valence-electron chi connectivity index (χ2n) is 1.59. The number of aliphatic hydroxyl groups is 1. The average Bonchev–Trinajstić information content (AvgIpc) is 2.07. The Bertz CT molecular complexity index is 67.3. The first-order valence-electron chi connectivity index (χ1n) is 3.48. The zero-order valence-electron chi connectivity index (χ0n) is 8.05. The van der Waals surface area contributed by atoms with E-state index in [1.165, 1.54) is 0 Å². The highest BCUT2D eigenvalue weighted by Gasteiger charge is 1.77. The van der Waals surface area contributed by atoms with Crippen molar-refractivity contribution in [2.24, 2.45) is 0 Å². The maximum absolute atomic E-state index is 7.94. The first-order valence-corrected chi connectivity index (χ1v) is 12.0. The summed E-state index contributed by atoms with van der Waals surface area (Å²) in [6.07, 6.45) is 0. The summed E-state index contributed by atoms with van der Waals surface area (Å²) in [5.41, 5.74) is 0. The van der Waals surface area contributed by atoms with Crippen LogP contribution in [0, 0.1) is 0 Å². The van der Waals surface area contributed by atoms with Gasteiger partial charge in [0.25, 0.3) is 0 Å². The third kappa shape index (κ3) is 64.2. The number of methoxy groups -OCH3 is 2. The lowest BCUT2D eigenvalue weighted by atomic mass is 10.8. The van der Waals surface area contributed by atoms with Crippen molar-refractivity contribution in [2.75, 3.05) is 39.4 Å². The monoisotopic (exact) mass is 482 g/mol. The van der Waals surface area contributed by atoms with Gasteiger partial charge in [-0.2, -0.15) is 0 Å². The summed E-state index contributed by atoms with van der Waals surface area (Å²) in [4.78, 5) is 0. The molecule has 3 nitrogen and oxygen atoms in total. The maximum Gasteiger partial charge on any atom is 0.103 e. The van der Waals surface area contributed by atoms with Crippen molar-refractivity contribution in [2.45, 2.75) is 0 Å². The van der Waals surface area contributed by atoms with E-state index in [-0.39, 0.29) is 10.6 Å². The number of hydrogen-bond donors (Lipinski definition) is 1. The van der Waals surface area contributed by atoms with Gasteiger partial charge in [-0.1, -0.05) is 15.9 Å². The quantitative estimate of drug-likeness (QED) is 0.482. The molecule has 0 amide bonds. The van der Waals surface area contributed by atoms with Crippen molar-refractivity contribution in [3.05, 3.63) is 0 Å². The van der Waals surface area contributed by atoms with E-state index in [2.05, 4.69) is 71.9 Å². The number of hydrogen-bond acceptors (Lipinski definition) is 3. The first-order chi connectivity index (χ1) is 6.56. The predicted molar refractivity (Wildman–Crippen MR) is 78.3 cm³/mol. The van der Waals surface area contributed by atoms with Crippen LogP contribution in [0.4, 0.5) is 0 Å². The van der Waals surface area contributed by atoms with Crippen molar-refractivity contribution in [3.63, 3.8) is 0 Å². The van der Waals surface area contributed by atoms with Crippen molar-refractivity contribution >= 4 is 66.4 Å². The molecule has 1 N–H and O–H groups in total. The molecule has 0 unspecified atom stereocenters. The van der Waals surface area contributed by atoms with E-state index in [0.717, 1.165) is 11.9 Å². The van der Waals surface area contributed by atoms with E-state index >= 15 is 0 Å². The molecule has 0 atom stereocenters. The van der Waals surface area contributed by atoms with Crippen molar-refractivity contribution in [1.29, 1.82) is 0 Å². The van der Waals surface area contributed by atoms with Crippen LogP contribution >= 0.6 is 66.4 Å². The minimum absolute atomic E-state index is 0.122. The summed E-state index contributed by atoms with van der Waals surface area (Å²) in [6.45, 7) is 1.37. The summed E-state index contributed by atoms with van der Waals surface area (Å²) in [6, 6.07) is 0. The van der Waals surface area contributed by atoms with Gasteiger partial charge in [-0.05, 0) is 46.5 Å². The second-order valence-corrected chi connectivity index (χ2v) is 17.7. The van der Waals surface area contributed by atoms with Gasteiger partial charge in [0.15, 0.2) is 0 Å².